The maximum Gasteiger partial charge on any atom is 0.243 e. The molecule has 9 heteroatoms. The van der Waals surface area contributed by atoms with E-state index in [0.29, 0.717) is 18.1 Å². The van der Waals surface area contributed by atoms with Gasteiger partial charge in [0, 0.05) is 32.1 Å². The van der Waals surface area contributed by atoms with Gasteiger partial charge in [-0.3, -0.25) is 4.79 Å². The molecule has 2 aliphatic rings. The third kappa shape index (κ3) is 4.14. The highest BCUT2D eigenvalue weighted by Crippen LogP contribution is 2.48. The van der Waals surface area contributed by atoms with Crippen LogP contribution in [0.4, 0.5) is 4.39 Å². The third-order valence-corrected chi connectivity index (χ3v) is 8.12. The highest BCUT2D eigenvalue weighted by Gasteiger charge is 2.46. The van der Waals surface area contributed by atoms with Gasteiger partial charge in [0.05, 0.1) is 14.9 Å². The van der Waals surface area contributed by atoms with Crippen molar-refractivity contribution in [2.24, 2.45) is 5.92 Å². The molecule has 4 rings (SSSR count). The molecular weight excluding hydrogens is 438 g/mol. The summed E-state index contributed by atoms with van der Waals surface area (Å²) in [7, 11) is -3.70. The summed E-state index contributed by atoms with van der Waals surface area (Å²) >= 11 is 11.8. The van der Waals surface area contributed by atoms with Crippen LogP contribution in [0.2, 0.25) is 10.0 Å². The molecular formula is C20H19Cl2FN2O3S. The first-order chi connectivity index (χ1) is 13.8. The molecule has 2 aromatic carbocycles. The molecule has 0 radical (unpaired) electrons. The van der Waals surface area contributed by atoms with E-state index in [4.69, 9.17) is 23.2 Å². The second-order valence-electron chi connectivity index (χ2n) is 7.31. The van der Waals surface area contributed by atoms with Gasteiger partial charge in [0.2, 0.25) is 15.9 Å². The normalized spacial score (nSPS) is 22.5. The Labute approximate surface area is 179 Å². The number of halogens is 3. The van der Waals surface area contributed by atoms with E-state index in [1.165, 1.54) is 34.6 Å². The van der Waals surface area contributed by atoms with Crippen LogP contribution >= 0.6 is 23.2 Å². The van der Waals surface area contributed by atoms with Gasteiger partial charge in [-0.1, -0.05) is 35.3 Å². The van der Waals surface area contributed by atoms with Gasteiger partial charge < -0.3 is 4.90 Å². The maximum atomic E-state index is 13.1. The molecule has 0 spiro atoms. The Morgan fingerprint density at radius 2 is 1.62 bits per heavy atom. The Balaban J connectivity index is 1.37. The summed E-state index contributed by atoms with van der Waals surface area (Å²) in [6.07, 6.45) is 0.742. The smallest absolute Gasteiger partial charge is 0.243 e. The lowest BCUT2D eigenvalue weighted by Gasteiger charge is -2.34. The lowest BCUT2D eigenvalue weighted by Crippen LogP contribution is -2.51. The van der Waals surface area contributed by atoms with Crippen molar-refractivity contribution in [1.29, 1.82) is 0 Å². The number of piperazine rings is 1. The van der Waals surface area contributed by atoms with Crippen LogP contribution < -0.4 is 0 Å². The largest absolute Gasteiger partial charge is 0.340 e. The van der Waals surface area contributed by atoms with Gasteiger partial charge >= 0.3 is 0 Å². The molecule has 2 atom stereocenters. The Morgan fingerprint density at radius 3 is 2.24 bits per heavy atom. The summed E-state index contributed by atoms with van der Waals surface area (Å²) in [5, 5.41) is 0.475. The van der Waals surface area contributed by atoms with Crippen molar-refractivity contribution in [2.75, 3.05) is 26.2 Å². The summed E-state index contributed by atoms with van der Waals surface area (Å²) in [6.45, 7) is 1.13. The van der Waals surface area contributed by atoms with Gasteiger partial charge in [-0.2, -0.15) is 4.31 Å². The van der Waals surface area contributed by atoms with Crippen LogP contribution in [0.5, 0.6) is 0 Å². The molecule has 1 aliphatic carbocycles. The van der Waals surface area contributed by atoms with E-state index in [1.807, 2.05) is 0 Å². The summed E-state index contributed by atoms with van der Waals surface area (Å²) in [4.78, 5) is 14.6. The van der Waals surface area contributed by atoms with Crippen molar-refractivity contribution in [1.82, 2.24) is 9.21 Å². The molecule has 1 amide bonds. The highest BCUT2D eigenvalue weighted by atomic mass is 35.5. The monoisotopic (exact) mass is 456 g/mol. The zero-order valence-electron chi connectivity index (χ0n) is 15.4. The number of carbonyl (C=O) groups excluding carboxylic acids is 1. The zero-order valence-corrected chi connectivity index (χ0v) is 17.7. The van der Waals surface area contributed by atoms with Gasteiger partial charge in [-0.05, 0) is 48.2 Å². The van der Waals surface area contributed by atoms with Crippen molar-refractivity contribution in [2.45, 2.75) is 17.2 Å². The minimum Gasteiger partial charge on any atom is -0.340 e. The van der Waals surface area contributed by atoms with E-state index in [2.05, 4.69) is 0 Å². The van der Waals surface area contributed by atoms with Crippen molar-refractivity contribution >= 4 is 39.1 Å². The first kappa shape index (κ1) is 20.6. The van der Waals surface area contributed by atoms with E-state index < -0.39 is 10.0 Å². The summed E-state index contributed by atoms with van der Waals surface area (Å²) in [6, 6.07) is 10.5. The lowest BCUT2D eigenvalue weighted by atomic mass is 10.1. The fourth-order valence-corrected chi connectivity index (χ4v) is 5.53. The number of rotatable bonds is 4. The maximum absolute atomic E-state index is 13.1. The second kappa shape index (κ2) is 7.87. The quantitative estimate of drug-likeness (QED) is 0.703. The van der Waals surface area contributed by atoms with Crippen molar-refractivity contribution in [3.63, 3.8) is 0 Å². The van der Waals surface area contributed by atoms with E-state index in [-0.39, 0.29) is 46.6 Å². The molecule has 1 saturated heterocycles. The van der Waals surface area contributed by atoms with Crippen LogP contribution in [0.15, 0.2) is 47.4 Å². The summed E-state index contributed by atoms with van der Waals surface area (Å²) in [5.74, 6) is -0.262. The minimum absolute atomic E-state index is 0.0333. The number of carbonyl (C=O) groups is 1. The van der Waals surface area contributed by atoms with Gasteiger partial charge in [0.25, 0.3) is 0 Å². The Bertz CT molecular complexity index is 1040. The molecule has 0 N–H and O–H groups in total. The Hall–Kier alpha value is -1.67. The second-order valence-corrected chi connectivity index (χ2v) is 10.1. The Morgan fingerprint density at radius 1 is 0.966 bits per heavy atom. The molecule has 1 saturated carbocycles. The van der Waals surface area contributed by atoms with Gasteiger partial charge in [0.1, 0.15) is 5.82 Å². The highest BCUT2D eigenvalue weighted by molar-refractivity contribution is 7.89. The number of hydrogen-bond acceptors (Lipinski definition) is 3. The van der Waals surface area contributed by atoms with Crippen molar-refractivity contribution in [3.8, 4) is 0 Å². The van der Waals surface area contributed by atoms with E-state index in [0.717, 1.165) is 12.0 Å². The predicted octanol–water partition coefficient (Wildman–Crippen LogP) is 3.77. The van der Waals surface area contributed by atoms with Crippen LogP contribution in [0, 0.1) is 11.7 Å². The molecule has 0 bridgehead atoms. The van der Waals surface area contributed by atoms with Crippen LogP contribution in [0.25, 0.3) is 0 Å². The van der Waals surface area contributed by atoms with Gasteiger partial charge in [-0.15, -0.1) is 0 Å². The predicted molar refractivity (Wildman–Crippen MR) is 109 cm³/mol. The van der Waals surface area contributed by atoms with Gasteiger partial charge in [-0.25, -0.2) is 12.8 Å². The Kier molecular flexibility index (Phi) is 5.59. The number of amides is 1. The summed E-state index contributed by atoms with van der Waals surface area (Å²) < 4.78 is 40.1. The lowest BCUT2D eigenvalue weighted by molar-refractivity contribution is -0.133. The van der Waals surface area contributed by atoms with Crippen LogP contribution in [-0.4, -0.2) is 49.7 Å². The van der Waals surface area contributed by atoms with Crippen molar-refractivity contribution in [3.05, 3.63) is 63.9 Å². The van der Waals surface area contributed by atoms with Crippen LogP contribution in [0.1, 0.15) is 17.9 Å². The standard InChI is InChI=1S/C20H19Cl2FN2O3S/c21-18-6-5-15(11-19(18)22)29(27,28)25-9-7-24(8-10-25)20(26)17-12-16(17)13-1-3-14(23)4-2-13/h1-6,11,16-17H,7-10,12H2. The molecule has 1 heterocycles. The average molecular weight is 457 g/mol. The molecule has 154 valence electrons. The molecule has 5 nitrogen and oxygen atoms in total. The first-order valence-electron chi connectivity index (χ1n) is 9.27. The molecule has 29 heavy (non-hydrogen) atoms. The van der Waals surface area contributed by atoms with E-state index in [9.17, 15) is 17.6 Å². The zero-order chi connectivity index (χ0) is 20.8. The SMILES string of the molecule is O=C(C1CC1c1ccc(F)cc1)N1CCN(S(=O)(=O)c2ccc(Cl)c(Cl)c2)CC1. The van der Waals surface area contributed by atoms with E-state index >= 15 is 0 Å². The molecule has 2 fully saturated rings. The molecule has 2 unspecified atom stereocenters. The first-order valence-corrected chi connectivity index (χ1v) is 11.5. The van der Waals surface area contributed by atoms with Crippen LogP contribution in [0.3, 0.4) is 0 Å². The topological polar surface area (TPSA) is 57.7 Å². The molecule has 0 aromatic heterocycles. The van der Waals surface area contributed by atoms with Crippen LogP contribution in [-0.2, 0) is 14.8 Å². The van der Waals surface area contributed by atoms with E-state index in [1.54, 1.807) is 17.0 Å². The van der Waals surface area contributed by atoms with Crippen molar-refractivity contribution < 1.29 is 17.6 Å². The number of hydrogen-bond donors (Lipinski definition) is 0. The summed E-state index contributed by atoms with van der Waals surface area (Å²) in [5.41, 5.74) is 0.964. The minimum atomic E-state index is -3.70. The number of benzene rings is 2. The third-order valence-electron chi connectivity index (χ3n) is 5.48. The fraction of sp³-hybridized carbons (Fsp3) is 0.350. The number of nitrogens with zero attached hydrogens (tertiary/aromatic N) is 2. The van der Waals surface area contributed by atoms with Gasteiger partial charge in [0.15, 0.2) is 0 Å². The molecule has 2 aromatic rings. The molecule has 1 aliphatic heterocycles. The average Bonchev–Trinajstić information content (AvgIpc) is 3.51. The fourth-order valence-electron chi connectivity index (χ4n) is 3.72. The number of sulfonamides is 1.